The van der Waals surface area contributed by atoms with Crippen LogP contribution in [0, 0.1) is 0 Å². The fourth-order valence-electron chi connectivity index (χ4n) is 2.19. The molecule has 0 aromatic carbocycles. The first-order chi connectivity index (χ1) is 12.5. The highest BCUT2D eigenvalue weighted by molar-refractivity contribution is 14.0. The van der Waals surface area contributed by atoms with E-state index in [9.17, 15) is 8.42 Å². The summed E-state index contributed by atoms with van der Waals surface area (Å²) in [6.45, 7) is 6.21. The smallest absolute Gasteiger partial charge is 0.242 e. The summed E-state index contributed by atoms with van der Waals surface area (Å²) in [7, 11) is -3.54. The number of pyridine rings is 1. The lowest BCUT2D eigenvalue weighted by atomic mass is 10.1. The van der Waals surface area contributed by atoms with Crippen LogP contribution in [0.15, 0.2) is 51.9 Å². The van der Waals surface area contributed by atoms with Crippen molar-refractivity contribution in [2.24, 2.45) is 4.99 Å². The Kier molecular flexibility index (Phi) is 10.8. The number of aliphatic imine (C=N–C) groups is 1. The molecular weight excluding hydrogens is 497 g/mol. The maximum Gasteiger partial charge on any atom is 0.242 e. The molecule has 2 aromatic rings. The highest BCUT2D eigenvalue weighted by Gasteiger charge is 2.13. The second kappa shape index (κ2) is 12.3. The van der Waals surface area contributed by atoms with Crippen LogP contribution in [0.4, 0.5) is 0 Å². The topological polar surface area (TPSA) is 95.5 Å². The van der Waals surface area contributed by atoms with E-state index in [1.807, 2.05) is 13.0 Å². The molecule has 0 amide bonds. The van der Waals surface area contributed by atoms with E-state index >= 15 is 0 Å². The van der Waals surface area contributed by atoms with Crippen molar-refractivity contribution >= 4 is 51.3 Å². The summed E-state index contributed by atoms with van der Waals surface area (Å²) in [5.41, 5.74) is 0. The Hall–Kier alpha value is -1.24. The monoisotopic (exact) mass is 523 g/mol. The van der Waals surface area contributed by atoms with Gasteiger partial charge in [0.25, 0.3) is 0 Å². The molecule has 10 heteroatoms. The molecule has 2 heterocycles. The highest BCUT2D eigenvalue weighted by atomic mass is 127. The molecule has 1 unspecified atom stereocenters. The fourth-order valence-corrected chi connectivity index (χ4v) is 3.96. The van der Waals surface area contributed by atoms with E-state index in [0.717, 1.165) is 6.54 Å². The predicted octanol–water partition coefficient (Wildman–Crippen LogP) is 2.40. The molecule has 0 spiro atoms. The molecule has 0 bridgehead atoms. The van der Waals surface area contributed by atoms with Crippen molar-refractivity contribution in [3.8, 4) is 0 Å². The zero-order chi connectivity index (χ0) is 18.8. The number of thiophene rings is 1. The molecular formula is C17H26IN5O2S2. The molecule has 3 N–H and O–H groups in total. The Morgan fingerprint density at radius 2 is 2.07 bits per heavy atom. The maximum atomic E-state index is 12.1. The van der Waals surface area contributed by atoms with E-state index in [0.29, 0.717) is 25.0 Å². The van der Waals surface area contributed by atoms with Crippen molar-refractivity contribution in [2.45, 2.75) is 24.7 Å². The van der Waals surface area contributed by atoms with Gasteiger partial charge >= 0.3 is 0 Å². The second-order valence-corrected chi connectivity index (χ2v) is 8.40. The van der Waals surface area contributed by atoms with Gasteiger partial charge in [0.05, 0.1) is 6.54 Å². The first-order valence-electron chi connectivity index (χ1n) is 8.48. The van der Waals surface area contributed by atoms with Gasteiger partial charge in [-0.1, -0.05) is 13.0 Å². The molecule has 0 aliphatic rings. The summed E-state index contributed by atoms with van der Waals surface area (Å²) >= 11 is 1.73. The van der Waals surface area contributed by atoms with Gasteiger partial charge in [0, 0.05) is 42.8 Å². The van der Waals surface area contributed by atoms with Crippen LogP contribution in [0.1, 0.15) is 24.6 Å². The minimum atomic E-state index is -3.54. The number of nitrogens with zero attached hydrogens (tertiary/aromatic N) is 2. The number of halogens is 1. The normalized spacial score (nSPS) is 12.9. The Balaban J connectivity index is 0.00000364. The lowest BCUT2D eigenvalue weighted by molar-refractivity contribution is 0.580. The first kappa shape index (κ1) is 23.8. The van der Waals surface area contributed by atoms with Gasteiger partial charge in [0.15, 0.2) is 5.96 Å². The van der Waals surface area contributed by atoms with Crippen molar-refractivity contribution < 1.29 is 8.42 Å². The molecule has 0 saturated carbocycles. The number of hydrogen-bond donors (Lipinski definition) is 3. The van der Waals surface area contributed by atoms with E-state index in [1.165, 1.54) is 23.3 Å². The molecule has 1 atom stereocenters. The summed E-state index contributed by atoms with van der Waals surface area (Å²) < 4.78 is 26.8. The molecule has 0 aliphatic heterocycles. The molecule has 0 aliphatic carbocycles. The molecule has 27 heavy (non-hydrogen) atoms. The van der Waals surface area contributed by atoms with E-state index in [4.69, 9.17) is 0 Å². The molecule has 0 saturated heterocycles. The SMILES string of the molecule is CCNC(=NCC(C)c1cccs1)NCCNS(=O)(=O)c1cccnc1.I. The van der Waals surface area contributed by atoms with Gasteiger partial charge in [-0.25, -0.2) is 13.1 Å². The van der Waals surface area contributed by atoms with Crippen molar-refractivity contribution in [1.82, 2.24) is 20.3 Å². The number of aromatic nitrogens is 1. The zero-order valence-electron chi connectivity index (χ0n) is 15.4. The summed E-state index contributed by atoms with van der Waals surface area (Å²) in [6, 6.07) is 7.26. The van der Waals surface area contributed by atoms with Gasteiger partial charge in [0.1, 0.15) is 4.90 Å². The summed E-state index contributed by atoms with van der Waals surface area (Å²) in [5, 5.41) is 8.38. The summed E-state index contributed by atoms with van der Waals surface area (Å²) in [6.07, 6.45) is 2.87. The van der Waals surface area contributed by atoms with Gasteiger partial charge < -0.3 is 10.6 Å². The number of sulfonamides is 1. The van der Waals surface area contributed by atoms with Gasteiger partial charge in [-0.15, -0.1) is 35.3 Å². The van der Waals surface area contributed by atoms with E-state index in [-0.39, 0.29) is 35.4 Å². The minimum Gasteiger partial charge on any atom is -0.357 e. The summed E-state index contributed by atoms with van der Waals surface area (Å²) in [5.74, 6) is 1.02. The lowest BCUT2D eigenvalue weighted by Gasteiger charge is -2.13. The quantitative estimate of drug-likeness (QED) is 0.203. The fraction of sp³-hybridized carbons (Fsp3) is 0.412. The van der Waals surface area contributed by atoms with Crippen molar-refractivity contribution in [1.29, 1.82) is 0 Å². The van der Waals surface area contributed by atoms with Crippen molar-refractivity contribution in [3.63, 3.8) is 0 Å². The van der Waals surface area contributed by atoms with Gasteiger partial charge in [-0.05, 0) is 30.5 Å². The number of nitrogens with one attached hydrogen (secondary N) is 3. The van der Waals surface area contributed by atoms with Crippen LogP contribution in [0.5, 0.6) is 0 Å². The lowest BCUT2D eigenvalue weighted by Crippen LogP contribution is -2.41. The van der Waals surface area contributed by atoms with Crippen LogP contribution in [0.2, 0.25) is 0 Å². The molecule has 2 rings (SSSR count). The van der Waals surface area contributed by atoms with Crippen LogP contribution >= 0.6 is 35.3 Å². The van der Waals surface area contributed by atoms with E-state index in [1.54, 1.807) is 17.4 Å². The van der Waals surface area contributed by atoms with Crippen LogP contribution in [-0.4, -0.2) is 45.5 Å². The molecule has 0 radical (unpaired) electrons. The van der Waals surface area contributed by atoms with Crippen molar-refractivity contribution in [3.05, 3.63) is 46.9 Å². The highest BCUT2D eigenvalue weighted by Crippen LogP contribution is 2.20. The average molecular weight is 523 g/mol. The van der Waals surface area contributed by atoms with Gasteiger partial charge in [-0.2, -0.15) is 0 Å². The Morgan fingerprint density at radius 3 is 2.70 bits per heavy atom. The van der Waals surface area contributed by atoms with Crippen molar-refractivity contribution in [2.75, 3.05) is 26.2 Å². The predicted molar refractivity (Wildman–Crippen MR) is 122 cm³/mol. The van der Waals surface area contributed by atoms with Crippen LogP contribution in [-0.2, 0) is 10.0 Å². The zero-order valence-corrected chi connectivity index (χ0v) is 19.3. The number of rotatable bonds is 9. The van der Waals surface area contributed by atoms with E-state index in [2.05, 4.69) is 43.7 Å². The Labute approximate surface area is 182 Å². The molecule has 150 valence electrons. The Bertz CT molecular complexity index is 783. The standard InChI is InChI=1S/C17H25N5O2S2.HI/c1-3-19-17(21-12-14(2)16-7-5-11-25-16)20-9-10-22-26(23,24)15-6-4-8-18-13-15;/h4-8,11,13-14,22H,3,9-10,12H2,1-2H3,(H2,19,20,21);1H. The van der Waals surface area contributed by atoms with E-state index < -0.39 is 10.0 Å². The first-order valence-corrected chi connectivity index (χ1v) is 10.8. The third-order valence-corrected chi connectivity index (χ3v) is 6.10. The van der Waals surface area contributed by atoms with Gasteiger partial charge in [-0.3, -0.25) is 9.98 Å². The van der Waals surface area contributed by atoms with Crippen LogP contribution in [0.25, 0.3) is 0 Å². The minimum absolute atomic E-state index is 0. The largest absolute Gasteiger partial charge is 0.357 e. The Morgan fingerprint density at radius 1 is 1.26 bits per heavy atom. The number of hydrogen-bond acceptors (Lipinski definition) is 5. The maximum absolute atomic E-state index is 12.1. The summed E-state index contributed by atoms with van der Waals surface area (Å²) in [4.78, 5) is 9.86. The third-order valence-electron chi connectivity index (χ3n) is 3.55. The van der Waals surface area contributed by atoms with Gasteiger partial charge in [0.2, 0.25) is 10.0 Å². The van der Waals surface area contributed by atoms with Crippen LogP contribution < -0.4 is 15.4 Å². The average Bonchev–Trinajstić information content (AvgIpc) is 3.18. The van der Waals surface area contributed by atoms with Crippen LogP contribution in [0.3, 0.4) is 0 Å². The molecule has 7 nitrogen and oxygen atoms in total. The molecule has 0 fully saturated rings. The number of guanidine groups is 1. The third kappa shape index (κ3) is 8.11. The molecule has 2 aromatic heterocycles. The second-order valence-electron chi connectivity index (χ2n) is 5.65.